The van der Waals surface area contributed by atoms with Gasteiger partial charge >= 0.3 is 0 Å². The maximum absolute atomic E-state index is 5.43. The van der Waals surface area contributed by atoms with E-state index in [1.807, 2.05) is 12.3 Å². The Morgan fingerprint density at radius 1 is 1.38 bits per heavy atom. The normalized spacial score (nSPS) is 9.00. The van der Waals surface area contributed by atoms with Crippen molar-refractivity contribution in [2.24, 2.45) is 5.73 Å². The average Bonchev–Trinajstić information content (AvgIpc) is 2.50. The first-order chi connectivity index (χ1) is 5.40. The van der Waals surface area contributed by atoms with Gasteiger partial charge in [-0.25, -0.2) is 9.50 Å². The fourth-order valence-electron chi connectivity index (χ4n) is 0.954. The molecule has 13 heavy (non-hydrogen) atoms. The minimum absolute atomic E-state index is 0. The number of nitrogens with zero attached hydrogens (tertiary/aromatic N) is 3. The van der Waals surface area contributed by atoms with E-state index < -0.39 is 0 Å². The van der Waals surface area contributed by atoms with Crippen molar-refractivity contribution in [1.82, 2.24) is 14.6 Å². The molecule has 2 rings (SSSR count). The molecule has 0 spiro atoms. The van der Waals surface area contributed by atoms with Crippen LogP contribution in [0.2, 0.25) is 0 Å². The molecule has 0 saturated carbocycles. The van der Waals surface area contributed by atoms with E-state index in [0.29, 0.717) is 6.54 Å². The van der Waals surface area contributed by atoms with Crippen LogP contribution in [0.4, 0.5) is 0 Å². The molecule has 2 aromatic heterocycles. The second-order valence-electron chi connectivity index (χ2n) is 2.30. The van der Waals surface area contributed by atoms with Gasteiger partial charge in [-0.15, -0.1) is 24.8 Å². The van der Waals surface area contributed by atoms with Crippen LogP contribution in [0.5, 0.6) is 0 Å². The Hall–Kier alpha value is -0.840. The molecule has 2 heterocycles. The zero-order valence-corrected chi connectivity index (χ0v) is 8.38. The number of rotatable bonds is 1. The van der Waals surface area contributed by atoms with Crippen LogP contribution >= 0.6 is 24.8 Å². The molecule has 72 valence electrons. The Kier molecular flexibility index (Phi) is 4.69. The van der Waals surface area contributed by atoms with Crippen molar-refractivity contribution < 1.29 is 0 Å². The molecule has 0 amide bonds. The van der Waals surface area contributed by atoms with Crippen molar-refractivity contribution in [3.8, 4) is 0 Å². The Labute approximate surface area is 88.0 Å². The third-order valence-electron chi connectivity index (χ3n) is 1.54. The number of aromatic nitrogens is 3. The Bertz CT molecular complexity index is 373. The summed E-state index contributed by atoms with van der Waals surface area (Å²) in [4.78, 5) is 4.13. The highest BCUT2D eigenvalue weighted by atomic mass is 35.5. The molecular weight excluding hydrogens is 211 g/mol. The van der Waals surface area contributed by atoms with Crippen LogP contribution in [0.3, 0.4) is 0 Å². The molecule has 0 unspecified atom stereocenters. The van der Waals surface area contributed by atoms with Gasteiger partial charge in [0.05, 0.1) is 6.20 Å². The molecule has 4 nitrogen and oxygen atoms in total. The minimum Gasteiger partial charge on any atom is -0.326 e. The highest BCUT2D eigenvalue weighted by molar-refractivity contribution is 5.85. The predicted octanol–water partition coefficient (Wildman–Crippen LogP) is 1.03. The van der Waals surface area contributed by atoms with Crippen LogP contribution in [0.15, 0.2) is 24.7 Å². The topological polar surface area (TPSA) is 56.2 Å². The average molecular weight is 221 g/mol. The van der Waals surface area contributed by atoms with E-state index in [0.717, 1.165) is 11.2 Å². The molecule has 2 aromatic rings. The molecule has 0 radical (unpaired) electrons. The number of halogens is 2. The zero-order valence-electron chi connectivity index (χ0n) is 6.75. The predicted molar refractivity (Wildman–Crippen MR) is 55.4 cm³/mol. The van der Waals surface area contributed by atoms with E-state index in [-0.39, 0.29) is 24.8 Å². The molecule has 0 bridgehead atoms. The Morgan fingerprint density at radius 3 is 2.85 bits per heavy atom. The van der Waals surface area contributed by atoms with Gasteiger partial charge in [-0.3, -0.25) is 0 Å². The molecule has 0 aliphatic carbocycles. The maximum Gasteiger partial charge on any atom is 0.154 e. The van der Waals surface area contributed by atoms with Gasteiger partial charge in [0.2, 0.25) is 0 Å². The van der Waals surface area contributed by atoms with Crippen molar-refractivity contribution in [2.75, 3.05) is 0 Å². The van der Waals surface area contributed by atoms with Gasteiger partial charge in [0.1, 0.15) is 0 Å². The van der Waals surface area contributed by atoms with Gasteiger partial charge in [-0.1, -0.05) is 0 Å². The van der Waals surface area contributed by atoms with Crippen LogP contribution in [-0.2, 0) is 6.54 Å². The van der Waals surface area contributed by atoms with Gasteiger partial charge in [0.15, 0.2) is 5.65 Å². The summed E-state index contributed by atoms with van der Waals surface area (Å²) >= 11 is 0. The second kappa shape index (κ2) is 5.01. The number of fused-ring (bicyclic) bond motifs is 1. The van der Waals surface area contributed by atoms with Crippen molar-refractivity contribution in [3.63, 3.8) is 0 Å². The monoisotopic (exact) mass is 220 g/mol. The maximum atomic E-state index is 5.43. The Balaban J connectivity index is 0.000000720. The molecular formula is C7H10Cl2N4. The van der Waals surface area contributed by atoms with Gasteiger partial charge in [0.25, 0.3) is 0 Å². The van der Waals surface area contributed by atoms with Gasteiger partial charge in [0, 0.05) is 30.6 Å². The van der Waals surface area contributed by atoms with E-state index in [1.54, 1.807) is 16.9 Å². The first-order valence-electron chi connectivity index (χ1n) is 3.38. The first kappa shape index (κ1) is 12.2. The van der Waals surface area contributed by atoms with Crippen LogP contribution in [0, 0.1) is 0 Å². The summed E-state index contributed by atoms with van der Waals surface area (Å²) in [7, 11) is 0. The summed E-state index contributed by atoms with van der Waals surface area (Å²) < 4.78 is 1.71. The lowest BCUT2D eigenvalue weighted by Gasteiger charge is -1.95. The summed E-state index contributed by atoms with van der Waals surface area (Å²) in [5.74, 6) is 0. The smallest absolute Gasteiger partial charge is 0.154 e. The van der Waals surface area contributed by atoms with Crippen molar-refractivity contribution in [2.45, 2.75) is 6.54 Å². The lowest BCUT2D eigenvalue weighted by atomic mass is 10.3. The molecule has 0 atom stereocenters. The standard InChI is InChI=1S/C7H8N4.2ClH/c8-3-6-4-9-7-1-2-10-11(7)5-6;;/h1-2,4-5H,3,8H2;2*1H. The summed E-state index contributed by atoms with van der Waals surface area (Å²) in [6.07, 6.45) is 5.35. The van der Waals surface area contributed by atoms with Crippen LogP contribution in [0.25, 0.3) is 5.65 Å². The van der Waals surface area contributed by atoms with E-state index in [4.69, 9.17) is 5.73 Å². The zero-order chi connectivity index (χ0) is 7.68. The van der Waals surface area contributed by atoms with Gasteiger partial charge in [-0.2, -0.15) is 5.10 Å². The molecule has 0 fully saturated rings. The third kappa shape index (κ3) is 2.30. The van der Waals surface area contributed by atoms with Gasteiger partial charge < -0.3 is 5.73 Å². The van der Waals surface area contributed by atoms with Crippen LogP contribution in [-0.4, -0.2) is 14.6 Å². The third-order valence-corrected chi connectivity index (χ3v) is 1.54. The SMILES string of the molecule is Cl.Cl.NCc1cnc2ccnn2c1. The van der Waals surface area contributed by atoms with Crippen molar-refractivity contribution >= 4 is 30.5 Å². The van der Waals surface area contributed by atoms with E-state index in [2.05, 4.69) is 10.1 Å². The lowest BCUT2D eigenvalue weighted by Crippen LogP contribution is -2.00. The van der Waals surface area contributed by atoms with Crippen LogP contribution < -0.4 is 5.73 Å². The van der Waals surface area contributed by atoms with Gasteiger partial charge in [-0.05, 0) is 0 Å². The summed E-state index contributed by atoms with van der Waals surface area (Å²) in [5.41, 5.74) is 7.26. The van der Waals surface area contributed by atoms with E-state index in [1.165, 1.54) is 0 Å². The second-order valence-corrected chi connectivity index (χ2v) is 2.30. The summed E-state index contributed by atoms with van der Waals surface area (Å²) in [5, 5.41) is 4.03. The molecule has 0 aliphatic heterocycles. The quantitative estimate of drug-likeness (QED) is 0.782. The van der Waals surface area contributed by atoms with Crippen molar-refractivity contribution in [1.29, 1.82) is 0 Å². The fraction of sp³-hybridized carbons (Fsp3) is 0.143. The largest absolute Gasteiger partial charge is 0.326 e. The Morgan fingerprint density at radius 2 is 2.15 bits per heavy atom. The molecule has 2 N–H and O–H groups in total. The molecule has 6 heteroatoms. The molecule has 0 saturated heterocycles. The molecule has 0 aromatic carbocycles. The highest BCUT2D eigenvalue weighted by Crippen LogP contribution is 1.99. The summed E-state index contributed by atoms with van der Waals surface area (Å²) in [6.45, 7) is 0.503. The van der Waals surface area contributed by atoms with E-state index in [9.17, 15) is 0 Å². The van der Waals surface area contributed by atoms with E-state index >= 15 is 0 Å². The minimum atomic E-state index is 0. The lowest BCUT2D eigenvalue weighted by molar-refractivity contribution is 0.902. The fourth-order valence-corrected chi connectivity index (χ4v) is 0.954. The number of hydrogen-bond acceptors (Lipinski definition) is 3. The number of nitrogens with two attached hydrogens (primary N) is 1. The molecule has 0 aliphatic rings. The van der Waals surface area contributed by atoms with Crippen molar-refractivity contribution in [3.05, 3.63) is 30.2 Å². The summed E-state index contributed by atoms with van der Waals surface area (Å²) in [6, 6.07) is 1.85. The first-order valence-corrected chi connectivity index (χ1v) is 3.38. The highest BCUT2D eigenvalue weighted by Gasteiger charge is 1.94. The number of hydrogen-bond donors (Lipinski definition) is 1. The van der Waals surface area contributed by atoms with Crippen LogP contribution in [0.1, 0.15) is 5.56 Å².